The van der Waals surface area contributed by atoms with Crippen LogP contribution in [-0.4, -0.2) is 25.6 Å². The zero-order valence-electron chi connectivity index (χ0n) is 11.7. The van der Waals surface area contributed by atoms with Gasteiger partial charge in [0.2, 0.25) is 0 Å². The van der Waals surface area contributed by atoms with Crippen LogP contribution in [0.3, 0.4) is 0 Å². The van der Waals surface area contributed by atoms with Gasteiger partial charge in [-0.1, -0.05) is 23.7 Å². The molecular weight excluding hydrogens is 292 g/mol. The van der Waals surface area contributed by atoms with Crippen LogP contribution in [0, 0.1) is 0 Å². The minimum atomic E-state index is 0.182. The normalized spacial score (nSPS) is 12.7. The molecule has 1 unspecified atom stereocenters. The van der Waals surface area contributed by atoms with E-state index in [2.05, 4.69) is 30.1 Å². The molecule has 0 saturated carbocycles. The van der Waals surface area contributed by atoms with Gasteiger partial charge >= 0.3 is 0 Å². The van der Waals surface area contributed by atoms with Gasteiger partial charge in [-0.15, -0.1) is 11.3 Å². The number of halogens is 1. The SMILES string of the molecule is COc1ccc(C(CN)N(C)Cc2ccc(Cl)s2)cc1. The third-order valence-corrected chi connectivity index (χ3v) is 4.51. The molecule has 0 saturated heterocycles. The summed E-state index contributed by atoms with van der Waals surface area (Å²) in [5.41, 5.74) is 7.13. The molecular formula is C15H19ClN2OS. The highest BCUT2D eigenvalue weighted by molar-refractivity contribution is 7.16. The summed E-state index contributed by atoms with van der Waals surface area (Å²) in [6.45, 7) is 1.41. The third kappa shape index (κ3) is 3.73. The van der Waals surface area contributed by atoms with Crippen LogP contribution in [0.1, 0.15) is 16.5 Å². The lowest BCUT2D eigenvalue weighted by Crippen LogP contribution is -2.29. The van der Waals surface area contributed by atoms with E-state index >= 15 is 0 Å². The maximum Gasteiger partial charge on any atom is 0.118 e. The van der Waals surface area contributed by atoms with Crippen molar-refractivity contribution < 1.29 is 4.74 Å². The van der Waals surface area contributed by atoms with Gasteiger partial charge in [-0.25, -0.2) is 0 Å². The van der Waals surface area contributed by atoms with Crippen LogP contribution in [0.15, 0.2) is 36.4 Å². The number of hydrogen-bond donors (Lipinski definition) is 1. The van der Waals surface area contributed by atoms with Crippen molar-refractivity contribution in [3.05, 3.63) is 51.2 Å². The van der Waals surface area contributed by atoms with Gasteiger partial charge < -0.3 is 10.5 Å². The number of rotatable bonds is 6. The second-order valence-corrected chi connectivity index (χ2v) is 6.45. The van der Waals surface area contributed by atoms with E-state index in [1.165, 1.54) is 10.4 Å². The number of nitrogens with zero attached hydrogens (tertiary/aromatic N) is 1. The smallest absolute Gasteiger partial charge is 0.118 e. The molecule has 5 heteroatoms. The molecule has 0 aliphatic carbocycles. The van der Waals surface area contributed by atoms with E-state index < -0.39 is 0 Å². The Morgan fingerprint density at radius 3 is 2.45 bits per heavy atom. The van der Waals surface area contributed by atoms with Crippen molar-refractivity contribution in [3.8, 4) is 5.75 Å². The van der Waals surface area contributed by atoms with Gasteiger partial charge in [0.1, 0.15) is 5.75 Å². The first kappa shape index (κ1) is 15.3. The van der Waals surface area contributed by atoms with Gasteiger partial charge in [-0.05, 0) is 36.9 Å². The van der Waals surface area contributed by atoms with Crippen molar-refractivity contribution in [2.75, 3.05) is 20.7 Å². The van der Waals surface area contributed by atoms with Crippen molar-refractivity contribution in [1.29, 1.82) is 0 Å². The Bertz CT molecular complexity index is 541. The standard InChI is InChI=1S/C15H19ClN2OS/c1-18(10-13-7-8-15(16)20-13)14(9-17)11-3-5-12(19-2)6-4-11/h3-8,14H,9-10,17H2,1-2H3. The van der Waals surface area contributed by atoms with E-state index in [4.69, 9.17) is 22.1 Å². The molecule has 2 N–H and O–H groups in total. The molecule has 0 aliphatic heterocycles. The highest BCUT2D eigenvalue weighted by Gasteiger charge is 2.16. The van der Waals surface area contributed by atoms with Crippen molar-refractivity contribution in [3.63, 3.8) is 0 Å². The van der Waals surface area contributed by atoms with Gasteiger partial charge in [-0.2, -0.15) is 0 Å². The Labute approximate surface area is 128 Å². The van der Waals surface area contributed by atoms with Gasteiger partial charge in [0.25, 0.3) is 0 Å². The first-order valence-corrected chi connectivity index (χ1v) is 7.62. The lowest BCUT2D eigenvalue weighted by Gasteiger charge is -2.27. The molecule has 0 aliphatic rings. The van der Waals surface area contributed by atoms with Crippen LogP contribution in [0.2, 0.25) is 4.34 Å². The minimum Gasteiger partial charge on any atom is -0.497 e. The van der Waals surface area contributed by atoms with Crippen LogP contribution >= 0.6 is 22.9 Å². The number of ether oxygens (including phenoxy) is 1. The van der Waals surface area contributed by atoms with E-state index in [0.717, 1.165) is 16.6 Å². The molecule has 1 atom stereocenters. The van der Waals surface area contributed by atoms with Crippen LogP contribution in [-0.2, 0) is 6.54 Å². The van der Waals surface area contributed by atoms with Crippen molar-refractivity contribution >= 4 is 22.9 Å². The molecule has 108 valence electrons. The summed E-state index contributed by atoms with van der Waals surface area (Å²) in [4.78, 5) is 3.48. The molecule has 1 heterocycles. The highest BCUT2D eigenvalue weighted by Crippen LogP contribution is 2.26. The Morgan fingerprint density at radius 1 is 1.25 bits per heavy atom. The average Bonchev–Trinajstić information content (AvgIpc) is 2.85. The van der Waals surface area contributed by atoms with Crippen LogP contribution in [0.5, 0.6) is 5.75 Å². The fourth-order valence-electron chi connectivity index (χ4n) is 2.19. The fraction of sp³-hybridized carbons (Fsp3) is 0.333. The Balaban J connectivity index is 2.09. The number of thiophene rings is 1. The van der Waals surface area contributed by atoms with Crippen molar-refractivity contribution in [2.45, 2.75) is 12.6 Å². The number of nitrogens with two attached hydrogens (primary N) is 1. The quantitative estimate of drug-likeness (QED) is 0.887. The molecule has 0 amide bonds. The van der Waals surface area contributed by atoms with E-state index in [-0.39, 0.29) is 6.04 Å². The zero-order chi connectivity index (χ0) is 14.5. The van der Waals surface area contributed by atoms with E-state index in [9.17, 15) is 0 Å². The fourth-order valence-corrected chi connectivity index (χ4v) is 3.34. The van der Waals surface area contributed by atoms with E-state index in [0.29, 0.717) is 6.54 Å². The predicted molar refractivity (Wildman–Crippen MR) is 85.6 cm³/mol. The topological polar surface area (TPSA) is 38.5 Å². The molecule has 0 bridgehead atoms. The molecule has 20 heavy (non-hydrogen) atoms. The molecule has 1 aromatic heterocycles. The summed E-state index contributed by atoms with van der Waals surface area (Å²) < 4.78 is 6.01. The van der Waals surface area contributed by atoms with Crippen LogP contribution in [0.25, 0.3) is 0 Å². The van der Waals surface area contributed by atoms with Gasteiger partial charge in [0, 0.05) is 24.0 Å². The Kier molecular flexibility index (Phi) is 5.43. The number of benzene rings is 1. The Morgan fingerprint density at radius 2 is 1.95 bits per heavy atom. The average molecular weight is 311 g/mol. The van der Waals surface area contributed by atoms with Crippen molar-refractivity contribution in [1.82, 2.24) is 4.90 Å². The summed E-state index contributed by atoms with van der Waals surface area (Å²) in [7, 11) is 3.75. The summed E-state index contributed by atoms with van der Waals surface area (Å²) in [6, 6.07) is 12.2. The number of likely N-dealkylation sites (N-methyl/N-ethyl adjacent to an activating group) is 1. The third-order valence-electron chi connectivity index (χ3n) is 3.29. The zero-order valence-corrected chi connectivity index (χ0v) is 13.2. The van der Waals surface area contributed by atoms with Crippen molar-refractivity contribution in [2.24, 2.45) is 5.73 Å². The molecule has 2 aromatic rings. The molecule has 2 rings (SSSR count). The van der Waals surface area contributed by atoms with E-state index in [1.807, 2.05) is 18.2 Å². The first-order chi connectivity index (χ1) is 9.63. The lowest BCUT2D eigenvalue weighted by molar-refractivity contribution is 0.244. The maximum atomic E-state index is 5.97. The summed E-state index contributed by atoms with van der Waals surface area (Å²) >= 11 is 7.58. The largest absolute Gasteiger partial charge is 0.497 e. The van der Waals surface area contributed by atoms with Gasteiger partial charge in [0.15, 0.2) is 0 Å². The molecule has 3 nitrogen and oxygen atoms in total. The van der Waals surface area contributed by atoms with E-state index in [1.54, 1.807) is 18.4 Å². The maximum absolute atomic E-state index is 5.97. The molecule has 0 radical (unpaired) electrons. The number of methoxy groups -OCH3 is 1. The van der Waals surface area contributed by atoms with Crippen LogP contribution < -0.4 is 10.5 Å². The summed E-state index contributed by atoms with van der Waals surface area (Å²) in [5, 5.41) is 0. The monoisotopic (exact) mass is 310 g/mol. The second kappa shape index (κ2) is 7.09. The number of hydrogen-bond acceptors (Lipinski definition) is 4. The highest BCUT2D eigenvalue weighted by atomic mass is 35.5. The summed E-state index contributed by atoms with van der Waals surface area (Å²) in [6.07, 6.45) is 0. The van der Waals surface area contributed by atoms with Gasteiger partial charge in [0.05, 0.1) is 11.4 Å². The molecule has 0 spiro atoms. The first-order valence-electron chi connectivity index (χ1n) is 6.42. The molecule has 0 fully saturated rings. The molecule has 1 aromatic carbocycles. The van der Waals surface area contributed by atoms with Crippen LogP contribution in [0.4, 0.5) is 0 Å². The Hall–Kier alpha value is -1.07. The second-order valence-electron chi connectivity index (χ2n) is 4.65. The lowest BCUT2D eigenvalue weighted by atomic mass is 10.1. The van der Waals surface area contributed by atoms with Gasteiger partial charge in [-0.3, -0.25) is 4.90 Å². The minimum absolute atomic E-state index is 0.182. The predicted octanol–water partition coefficient (Wildman–Crippen LogP) is 3.54. The summed E-state index contributed by atoms with van der Waals surface area (Å²) in [5.74, 6) is 0.859.